The topological polar surface area (TPSA) is 55.8 Å². The Kier molecular flexibility index (Phi) is 3.69. The Balaban J connectivity index is 2.36. The first-order valence-electron chi connectivity index (χ1n) is 4.48. The molecule has 0 radical (unpaired) electrons. The van der Waals surface area contributed by atoms with Gasteiger partial charge in [0, 0.05) is 7.11 Å². The summed E-state index contributed by atoms with van der Waals surface area (Å²) in [5.41, 5.74) is 0. The van der Waals surface area contributed by atoms with E-state index in [2.05, 4.69) is 0 Å². The maximum absolute atomic E-state index is 10.7. The molecule has 0 heterocycles. The van der Waals surface area contributed by atoms with Crippen molar-refractivity contribution in [1.82, 2.24) is 0 Å². The summed E-state index contributed by atoms with van der Waals surface area (Å²) < 4.78 is 10.1. The van der Waals surface area contributed by atoms with Crippen LogP contribution in [0.2, 0.25) is 0 Å². The van der Waals surface area contributed by atoms with Crippen LogP contribution < -0.4 is 0 Å². The predicted molar refractivity (Wildman–Crippen MR) is 46.3 cm³/mol. The summed E-state index contributed by atoms with van der Waals surface area (Å²) in [7, 11) is 1.56. The number of rotatable bonds is 4. The summed E-state index contributed by atoms with van der Waals surface area (Å²) >= 11 is 0. The third-order valence-electron chi connectivity index (χ3n) is 2.58. The average Bonchev–Trinajstić information content (AvgIpc) is 2.43. The van der Waals surface area contributed by atoms with Crippen LogP contribution in [-0.4, -0.2) is 31.1 Å². The molecule has 3 atom stereocenters. The van der Waals surface area contributed by atoms with Crippen LogP contribution in [-0.2, 0) is 14.3 Å². The van der Waals surface area contributed by atoms with Gasteiger partial charge in [-0.15, -0.1) is 0 Å². The highest BCUT2D eigenvalue weighted by molar-refractivity contribution is 5.70. The van der Waals surface area contributed by atoms with Gasteiger partial charge in [-0.3, -0.25) is 4.79 Å². The van der Waals surface area contributed by atoms with Gasteiger partial charge in [-0.2, -0.15) is 0 Å². The van der Waals surface area contributed by atoms with Gasteiger partial charge in [0.25, 0.3) is 0 Å². The molecule has 0 aromatic rings. The zero-order chi connectivity index (χ0) is 9.84. The van der Waals surface area contributed by atoms with Crippen molar-refractivity contribution in [3.8, 4) is 0 Å². The lowest BCUT2D eigenvalue weighted by molar-refractivity contribution is -0.143. The molecule has 0 aliphatic heterocycles. The van der Waals surface area contributed by atoms with Crippen molar-refractivity contribution in [3.63, 3.8) is 0 Å². The summed E-state index contributed by atoms with van der Waals surface area (Å²) in [6, 6.07) is 0. The fraction of sp³-hybridized carbons (Fsp3) is 0.889. The summed E-state index contributed by atoms with van der Waals surface area (Å²) in [4.78, 5) is 10.7. The predicted octanol–water partition coefficient (Wildman–Crippen LogP) is 1.11. The van der Waals surface area contributed by atoms with E-state index in [-0.39, 0.29) is 24.7 Å². The maximum atomic E-state index is 10.7. The SMILES string of the molecule is COCO[C@H]1C[C@H](C(=O)O)[C@@H](C)C1. The van der Waals surface area contributed by atoms with Crippen molar-refractivity contribution in [3.05, 3.63) is 0 Å². The van der Waals surface area contributed by atoms with Crippen LogP contribution in [0.3, 0.4) is 0 Å². The Hall–Kier alpha value is -0.610. The van der Waals surface area contributed by atoms with Gasteiger partial charge >= 0.3 is 5.97 Å². The number of hydrogen-bond acceptors (Lipinski definition) is 3. The average molecular weight is 188 g/mol. The van der Waals surface area contributed by atoms with Crippen molar-refractivity contribution in [1.29, 1.82) is 0 Å². The number of aliphatic carboxylic acids is 1. The van der Waals surface area contributed by atoms with Gasteiger partial charge in [0.2, 0.25) is 0 Å². The fourth-order valence-electron chi connectivity index (χ4n) is 1.84. The molecule has 1 aliphatic rings. The minimum absolute atomic E-state index is 0.0519. The molecule has 4 nitrogen and oxygen atoms in total. The van der Waals surface area contributed by atoms with Gasteiger partial charge in [-0.05, 0) is 18.8 Å². The van der Waals surface area contributed by atoms with Gasteiger partial charge in [-0.1, -0.05) is 6.92 Å². The van der Waals surface area contributed by atoms with E-state index in [0.717, 1.165) is 6.42 Å². The second kappa shape index (κ2) is 4.58. The highest BCUT2D eigenvalue weighted by atomic mass is 16.7. The van der Waals surface area contributed by atoms with Crippen LogP contribution in [0.4, 0.5) is 0 Å². The highest BCUT2D eigenvalue weighted by Gasteiger charge is 2.36. The monoisotopic (exact) mass is 188 g/mol. The molecular formula is C9H16O4. The van der Waals surface area contributed by atoms with E-state index >= 15 is 0 Å². The Morgan fingerprint density at radius 3 is 2.69 bits per heavy atom. The summed E-state index contributed by atoms with van der Waals surface area (Å²) in [5.74, 6) is -0.753. The molecule has 0 aromatic heterocycles. The molecule has 1 saturated carbocycles. The quantitative estimate of drug-likeness (QED) is 0.671. The first kappa shape index (κ1) is 10.5. The summed E-state index contributed by atoms with van der Waals surface area (Å²) in [6.45, 7) is 2.21. The fourth-order valence-corrected chi connectivity index (χ4v) is 1.84. The van der Waals surface area contributed by atoms with Crippen LogP contribution >= 0.6 is 0 Å². The van der Waals surface area contributed by atoms with Crippen molar-refractivity contribution >= 4 is 5.97 Å². The van der Waals surface area contributed by atoms with Crippen LogP contribution in [0, 0.1) is 11.8 Å². The molecule has 0 unspecified atom stereocenters. The third-order valence-corrected chi connectivity index (χ3v) is 2.58. The van der Waals surface area contributed by atoms with Gasteiger partial charge in [0.15, 0.2) is 0 Å². The minimum atomic E-state index is -0.712. The molecule has 0 bridgehead atoms. The van der Waals surface area contributed by atoms with E-state index in [1.54, 1.807) is 7.11 Å². The molecule has 1 aliphatic carbocycles. The van der Waals surface area contributed by atoms with E-state index in [1.165, 1.54) is 0 Å². The van der Waals surface area contributed by atoms with Crippen LogP contribution in [0.5, 0.6) is 0 Å². The maximum Gasteiger partial charge on any atom is 0.306 e. The molecule has 0 spiro atoms. The molecule has 13 heavy (non-hydrogen) atoms. The zero-order valence-electron chi connectivity index (χ0n) is 8.03. The minimum Gasteiger partial charge on any atom is -0.481 e. The normalized spacial score (nSPS) is 33.5. The van der Waals surface area contributed by atoms with E-state index in [1.807, 2.05) is 6.92 Å². The molecule has 76 valence electrons. The Labute approximate surface area is 77.8 Å². The second-order valence-corrected chi connectivity index (χ2v) is 3.59. The van der Waals surface area contributed by atoms with E-state index in [4.69, 9.17) is 14.6 Å². The highest BCUT2D eigenvalue weighted by Crippen LogP contribution is 2.33. The van der Waals surface area contributed by atoms with E-state index < -0.39 is 5.97 Å². The van der Waals surface area contributed by atoms with Crippen molar-refractivity contribution < 1.29 is 19.4 Å². The third kappa shape index (κ3) is 2.67. The van der Waals surface area contributed by atoms with Gasteiger partial charge < -0.3 is 14.6 Å². The van der Waals surface area contributed by atoms with Crippen LogP contribution in [0.15, 0.2) is 0 Å². The zero-order valence-corrected chi connectivity index (χ0v) is 8.03. The number of hydrogen-bond donors (Lipinski definition) is 1. The first-order valence-corrected chi connectivity index (χ1v) is 4.48. The number of carbonyl (C=O) groups is 1. The van der Waals surface area contributed by atoms with Crippen molar-refractivity contribution in [2.24, 2.45) is 11.8 Å². The summed E-state index contributed by atoms with van der Waals surface area (Å²) in [6.07, 6.45) is 1.48. The second-order valence-electron chi connectivity index (χ2n) is 3.59. The smallest absolute Gasteiger partial charge is 0.306 e. The van der Waals surface area contributed by atoms with Crippen LogP contribution in [0.25, 0.3) is 0 Å². The molecule has 1 fully saturated rings. The standard InChI is InChI=1S/C9H16O4/c1-6-3-7(13-5-12-2)4-8(6)9(10)11/h6-8H,3-5H2,1-2H3,(H,10,11)/t6-,7+,8-/m0/s1. The van der Waals surface area contributed by atoms with E-state index in [0.29, 0.717) is 6.42 Å². The number of ether oxygens (including phenoxy) is 2. The molecule has 0 amide bonds. The Bertz CT molecular complexity index is 180. The molecule has 4 heteroatoms. The number of carboxylic acid groups (broad SMARTS) is 1. The summed E-state index contributed by atoms with van der Waals surface area (Å²) in [5, 5.41) is 8.84. The van der Waals surface area contributed by atoms with Gasteiger partial charge in [-0.25, -0.2) is 0 Å². The molecule has 0 saturated heterocycles. The lowest BCUT2D eigenvalue weighted by atomic mass is 9.99. The van der Waals surface area contributed by atoms with Crippen LogP contribution in [0.1, 0.15) is 19.8 Å². The lowest BCUT2D eigenvalue weighted by Crippen LogP contribution is -2.16. The molecular weight excluding hydrogens is 172 g/mol. The van der Waals surface area contributed by atoms with E-state index in [9.17, 15) is 4.79 Å². The van der Waals surface area contributed by atoms with Crippen molar-refractivity contribution in [2.45, 2.75) is 25.9 Å². The van der Waals surface area contributed by atoms with Gasteiger partial charge in [0.1, 0.15) is 6.79 Å². The van der Waals surface area contributed by atoms with Gasteiger partial charge in [0.05, 0.1) is 12.0 Å². The number of carboxylic acids is 1. The molecule has 0 aromatic carbocycles. The number of methoxy groups -OCH3 is 1. The largest absolute Gasteiger partial charge is 0.481 e. The first-order chi connectivity index (χ1) is 6.15. The van der Waals surface area contributed by atoms with Crippen molar-refractivity contribution in [2.75, 3.05) is 13.9 Å². The Morgan fingerprint density at radius 2 is 2.23 bits per heavy atom. The molecule has 1 N–H and O–H groups in total. The Morgan fingerprint density at radius 1 is 1.54 bits per heavy atom. The lowest BCUT2D eigenvalue weighted by Gasteiger charge is -2.09. The molecule has 1 rings (SSSR count).